The molecule has 2 rings (SSSR count). The molecular weight excluding hydrogens is 284 g/mol. The monoisotopic (exact) mass is 306 g/mol. The highest BCUT2D eigenvalue weighted by Gasteiger charge is 2.44. The fraction of sp³-hybridized carbons (Fsp3) is 0.529. The van der Waals surface area contributed by atoms with Crippen molar-refractivity contribution in [1.29, 1.82) is 0 Å². The molecule has 1 saturated heterocycles. The highest BCUT2D eigenvalue weighted by molar-refractivity contribution is 5.91. The molecule has 0 radical (unpaired) electrons. The minimum atomic E-state index is -0.665. The van der Waals surface area contributed by atoms with Gasteiger partial charge >= 0.3 is 11.9 Å². The number of carbonyl (C=O) groups excluding carboxylic acids is 2. The first kappa shape index (κ1) is 16.5. The van der Waals surface area contributed by atoms with Gasteiger partial charge in [0.25, 0.3) is 0 Å². The molecule has 0 unspecified atom stereocenters. The first-order valence-electron chi connectivity index (χ1n) is 7.38. The molecule has 5 nitrogen and oxygen atoms in total. The molecule has 1 fully saturated rings. The van der Waals surface area contributed by atoms with E-state index in [1.807, 2.05) is 13.0 Å². The molecule has 5 heteroatoms. The maximum atomic E-state index is 11.9. The summed E-state index contributed by atoms with van der Waals surface area (Å²) in [6.07, 6.45) is 2.95. The van der Waals surface area contributed by atoms with Gasteiger partial charge in [0.05, 0.1) is 12.0 Å². The summed E-state index contributed by atoms with van der Waals surface area (Å²) < 4.78 is 10.8. The van der Waals surface area contributed by atoms with Crippen molar-refractivity contribution in [1.82, 2.24) is 0 Å². The van der Waals surface area contributed by atoms with E-state index in [0.717, 1.165) is 5.57 Å². The van der Waals surface area contributed by atoms with Gasteiger partial charge in [-0.1, -0.05) is 18.2 Å². The molecule has 0 aromatic rings. The number of fused-ring (bicyclic) bond motifs is 1. The number of hydrogen-bond acceptors (Lipinski definition) is 5. The van der Waals surface area contributed by atoms with Crippen molar-refractivity contribution in [2.75, 3.05) is 0 Å². The Morgan fingerprint density at radius 2 is 2.14 bits per heavy atom. The molecule has 22 heavy (non-hydrogen) atoms. The highest BCUT2D eigenvalue weighted by atomic mass is 16.6. The van der Waals surface area contributed by atoms with Crippen LogP contribution in [0.15, 0.2) is 35.5 Å². The molecule has 0 saturated carbocycles. The van der Waals surface area contributed by atoms with Crippen LogP contribution in [-0.4, -0.2) is 35.4 Å². The number of esters is 2. The van der Waals surface area contributed by atoms with Gasteiger partial charge in [-0.25, -0.2) is 4.79 Å². The Kier molecular flexibility index (Phi) is 4.86. The molecular formula is C17H22O5. The minimum absolute atomic E-state index is 0.308. The highest BCUT2D eigenvalue weighted by Crippen LogP contribution is 2.36. The van der Waals surface area contributed by atoms with E-state index in [-0.39, 0.29) is 0 Å². The van der Waals surface area contributed by atoms with Crippen LogP contribution in [0.5, 0.6) is 0 Å². The Morgan fingerprint density at radius 1 is 1.45 bits per heavy atom. The molecule has 0 aromatic heterocycles. The van der Waals surface area contributed by atoms with Crippen LogP contribution in [0.3, 0.4) is 0 Å². The quantitative estimate of drug-likeness (QED) is 0.456. The second kappa shape index (κ2) is 6.48. The van der Waals surface area contributed by atoms with Crippen LogP contribution in [0, 0.1) is 5.92 Å². The van der Waals surface area contributed by atoms with E-state index in [0.29, 0.717) is 24.0 Å². The number of aliphatic hydroxyl groups is 1. The van der Waals surface area contributed by atoms with Crippen molar-refractivity contribution in [3.8, 4) is 0 Å². The maximum Gasteiger partial charge on any atom is 0.334 e. The Hall–Kier alpha value is -1.88. The lowest BCUT2D eigenvalue weighted by atomic mass is 9.85. The van der Waals surface area contributed by atoms with Gasteiger partial charge in [0.2, 0.25) is 0 Å². The largest absolute Gasteiger partial charge is 0.458 e. The molecule has 0 aromatic carbocycles. The fourth-order valence-corrected chi connectivity index (χ4v) is 2.90. The summed E-state index contributed by atoms with van der Waals surface area (Å²) in [7, 11) is 0. The molecule has 0 amide bonds. The molecule has 1 aliphatic carbocycles. The first-order chi connectivity index (χ1) is 10.3. The SMILES string of the molecule is C=C1C(=O)O[C@H]2C/C(C)=C/C[C@@H](O)/C(C)=C/[C@@H](OC(C)=O)[C@H]12. The lowest BCUT2D eigenvalue weighted by Crippen LogP contribution is -2.33. The van der Waals surface area contributed by atoms with Crippen molar-refractivity contribution in [3.63, 3.8) is 0 Å². The number of carbonyl (C=O) groups is 2. The van der Waals surface area contributed by atoms with Gasteiger partial charge < -0.3 is 14.6 Å². The average molecular weight is 306 g/mol. The zero-order chi connectivity index (χ0) is 16.4. The molecule has 120 valence electrons. The predicted molar refractivity (Wildman–Crippen MR) is 80.8 cm³/mol. The summed E-state index contributed by atoms with van der Waals surface area (Å²) in [5.41, 5.74) is 2.03. The van der Waals surface area contributed by atoms with Crippen LogP contribution in [-0.2, 0) is 19.1 Å². The molecule has 1 heterocycles. The van der Waals surface area contributed by atoms with Crippen LogP contribution in [0.2, 0.25) is 0 Å². The number of rotatable bonds is 1. The Bertz CT molecular complexity index is 557. The topological polar surface area (TPSA) is 72.8 Å². The van der Waals surface area contributed by atoms with Crippen molar-refractivity contribution < 1.29 is 24.2 Å². The zero-order valence-corrected chi connectivity index (χ0v) is 13.2. The number of ether oxygens (including phenoxy) is 2. The summed E-state index contributed by atoms with van der Waals surface area (Å²) in [5, 5.41) is 10.2. The van der Waals surface area contributed by atoms with Gasteiger partial charge in [0, 0.05) is 18.9 Å². The Balaban J connectivity index is 2.44. The van der Waals surface area contributed by atoms with Gasteiger partial charge in [-0.2, -0.15) is 0 Å². The van der Waals surface area contributed by atoms with Gasteiger partial charge in [-0.05, 0) is 31.9 Å². The van der Waals surface area contributed by atoms with E-state index in [4.69, 9.17) is 9.47 Å². The van der Waals surface area contributed by atoms with E-state index in [1.54, 1.807) is 13.0 Å². The molecule has 0 spiro atoms. The summed E-state index contributed by atoms with van der Waals surface area (Å²) in [4.78, 5) is 23.3. The van der Waals surface area contributed by atoms with Gasteiger partial charge in [0.1, 0.15) is 12.2 Å². The number of aliphatic hydroxyl groups excluding tert-OH is 1. The lowest BCUT2D eigenvalue weighted by Gasteiger charge is -2.27. The van der Waals surface area contributed by atoms with Crippen molar-refractivity contribution in [2.24, 2.45) is 5.92 Å². The van der Waals surface area contributed by atoms with E-state index in [2.05, 4.69) is 6.58 Å². The summed E-state index contributed by atoms with van der Waals surface area (Å²) in [6, 6.07) is 0. The summed E-state index contributed by atoms with van der Waals surface area (Å²) in [5.74, 6) is -1.33. The third kappa shape index (κ3) is 3.47. The predicted octanol–water partition coefficient (Wildman–Crippen LogP) is 2.06. The first-order valence-corrected chi connectivity index (χ1v) is 7.38. The van der Waals surface area contributed by atoms with Crippen LogP contribution < -0.4 is 0 Å². The van der Waals surface area contributed by atoms with Crippen molar-refractivity contribution >= 4 is 11.9 Å². The van der Waals surface area contributed by atoms with Crippen LogP contribution in [0.25, 0.3) is 0 Å². The zero-order valence-electron chi connectivity index (χ0n) is 13.2. The van der Waals surface area contributed by atoms with E-state index in [1.165, 1.54) is 6.92 Å². The smallest absolute Gasteiger partial charge is 0.334 e. The third-order valence-corrected chi connectivity index (χ3v) is 4.15. The second-order valence-corrected chi connectivity index (χ2v) is 5.99. The summed E-state index contributed by atoms with van der Waals surface area (Å²) >= 11 is 0. The van der Waals surface area contributed by atoms with Crippen molar-refractivity contribution in [3.05, 3.63) is 35.5 Å². The van der Waals surface area contributed by atoms with Crippen LogP contribution in [0.4, 0.5) is 0 Å². The number of hydrogen-bond donors (Lipinski definition) is 1. The molecule has 2 aliphatic rings. The third-order valence-electron chi connectivity index (χ3n) is 4.15. The second-order valence-electron chi connectivity index (χ2n) is 5.99. The average Bonchev–Trinajstić information content (AvgIpc) is 2.69. The normalized spacial score (nSPS) is 37.3. The lowest BCUT2D eigenvalue weighted by molar-refractivity contribution is -0.147. The minimum Gasteiger partial charge on any atom is -0.458 e. The molecule has 0 bridgehead atoms. The van der Waals surface area contributed by atoms with E-state index < -0.39 is 36.2 Å². The molecule has 1 aliphatic heterocycles. The standard InChI is InChI=1S/C17H22O5/c1-9-5-6-13(19)10(2)8-15(21-12(4)18)16-11(3)17(20)22-14(16)7-9/h5,8,13-16,19H,3,6-7H2,1-2,4H3/b9-5+,10-8+/t13-,14+,15-,16-/m1/s1. The van der Waals surface area contributed by atoms with Crippen LogP contribution >= 0.6 is 0 Å². The Morgan fingerprint density at radius 3 is 2.77 bits per heavy atom. The van der Waals surface area contributed by atoms with Gasteiger partial charge in [0.15, 0.2) is 0 Å². The van der Waals surface area contributed by atoms with E-state index >= 15 is 0 Å². The van der Waals surface area contributed by atoms with Gasteiger partial charge in [-0.15, -0.1) is 0 Å². The summed E-state index contributed by atoms with van der Waals surface area (Å²) in [6.45, 7) is 8.82. The molecule has 4 atom stereocenters. The Labute approximate surface area is 130 Å². The van der Waals surface area contributed by atoms with Crippen LogP contribution in [0.1, 0.15) is 33.6 Å². The van der Waals surface area contributed by atoms with Crippen molar-refractivity contribution in [2.45, 2.75) is 51.9 Å². The maximum absolute atomic E-state index is 11.9. The van der Waals surface area contributed by atoms with Gasteiger partial charge in [-0.3, -0.25) is 4.79 Å². The van der Waals surface area contributed by atoms with E-state index in [9.17, 15) is 14.7 Å². The molecule has 1 N–H and O–H groups in total. The fourth-order valence-electron chi connectivity index (χ4n) is 2.90.